The van der Waals surface area contributed by atoms with Crippen molar-refractivity contribution in [1.82, 2.24) is 15.3 Å². The highest BCUT2D eigenvalue weighted by molar-refractivity contribution is 5.77. The Hall–Kier alpha value is -2.08. The van der Waals surface area contributed by atoms with E-state index in [0.29, 0.717) is 5.92 Å². The van der Waals surface area contributed by atoms with Crippen LogP contribution in [0.15, 0.2) is 12.1 Å². The van der Waals surface area contributed by atoms with E-state index >= 15 is 0 Å². The number of carbonyl (C=O) groups is 1. The number of fused-ring (bicyclic) bond motifs is 1. The van der Waals surface area contributed by atoms with Crippen LogP contribution in [0.1, 0.15) is 43.1 Å². The Kier molecular flexibility index (Phi) is 5.03. The first-order valence-electron chi connectivity index (χ1n) is 7.47. The lowest BCUT2D eigenvalue weighted by Gasteiger charge is -2.13. The Balaban J connectivity index is 2.31. The van der Waals surface area contributed by atoms with Gasteiger partial charge in [-0.3, -0.25) is 0 Å². The van der Waals surface area contributed by atoms with Gasteiger partial charge in [0.2, 0.25) is 0 Å². The zero-order valence-electron chi connectivity index (χ0n) is 13.2. The van der Waals surface area contributed by atoms with Gasteiger partial charge in [-0.05, 0) is 42.5 Å². The smallest absolute Gasteiger partial charge is 0.404 e. The van der Waals surface area contributed by atoms with E-state index in [2.05, 4.69) is 29.1 Å². The molecule has 1 unspecified atom stereocenters. The number of aromatic nitrogens is 2. The van der Waals surface area contributed by atoms with Crippen LogP contribution >= 0.6 is 0 Å². The van der Waals surface area contributed by atoms with Crippen molar-refractivity contribution in [2.75, 3.05) is 6.61 Å². The molecule has 0 saturated heterocycles. The molecule has 1 heterocycles. The number of aliphatic hydroxyl groups is 1. The summed E-state index contributed by atoms with van der Waals surface area (Å²) in [6.45, 7) is 6.49. The fourth-order valence-corrected chi connectivity index (χ4v) is 2.62. The molecular weight excluding hydrogens is 282 g/mol. The molecule has 2 rings (SSSR count). The molecule has 120 valence electrons. The van der Waals surface area contributed by atoms with E-state index in [0.717, 1.165) is 34.4 Å². The molecule has 6 nitrogen and oxygen atoms in total. The van der Waals surface area contributed by atoms with Gasteiger partial charge in [0.25, 0.3) is 0 Å². The predicted molar refractivity (Wildman–Crippen MR) is 85.0 cm³/mol. The van der Waals surface area contributed by atoms with Crippen LogP contribution in [-0.4, -0.2) is 32.9 Å². The van der Waals surface area contributed by atoms with Gasteiger partial charge >= 0.3 is 6.09 Å². The van der Waals surface area contributed by atoms with Crippen molar-refractivity contribution in [3.8, 4) is 0 Å². The van der Waals surface area contributed by atoms with Crippen molar-refractivity contribution >= 4 is 17.1 Å². The Bertz CT molecular complexity index is 664. The minimum absolute atomic E-state index is 0.00620. The summed E-state index contributed by atoms with van der Waals surface area (Å²) in [6.07, 6.45) is -0.178. The van der Waals surface area contributed by atoms with Crippen LogP contribution < -0.4 is 5.32 Å². The SMILES string of the molecule is Cc1cc2[nH]c(C(CO)CC(C)C)nc2cc1CNC(=O)O. The fourth-order valence-electron chi connectivity index (χ4n) is 2.62. The van der Waals surface area contributed by atoms with Gasteiger partial charge in [-0.1, -0.05) is 13.8 Å². The average molecular weight is 305 g/mol. The Morgan fingerprint density at radius 2 is 2.14 bits per heavy atom. The van der Waals surface area contributed by atoms with E-state index < -0.39 is 6.09 Å². The van der Waals surface area contributed by atoms with E-state index in [-0.39, 0.29) is 19.1 Å². The lowest BCUT2D eigenvalue weighted by Crippen LogP contribution is -2.20. The fraction of sp³-hybridized carbons (Fsp3) is 0.500. The van der Waals surface area contributed by atoms with Gasteiger partial charge in [-0.15, -0.1) is 0 Å². The molecule has 0 spiro atoms. The van der Waals surface area contributed by atoms with Crippen LogP contribution in [0.3, 0.4) is 0 Å². The molecule has 1 amide bonds. The number of aliphatic hydroxyl groups excluding tert-OH is 1. The quantitative estimate of drug-likeness (QED) is 0.659. The summed E-state index contributed by atoms with van der Waals surface area (Å²) in [5, 5.41) is 20.7. The third-order valence-electron chi connectivity index (χ3n) is 3.75. The molecule has 0 aliphatic rings. The lowest BCUT2D eigenvalue weighted by molar-refractivity contribution is 0.194. The maximum Gasteiger partial charge on any atom is 0.404 e. The number of hydrogen-bond donors (Lipinski definition) is 4. The first-order valence-corrected chi connectivity index (χ1v) is 7.47. The van der Waals surface area contributed by atoms with Crippen molar-refractivity contribution < 1.29 is 15.0 Å². The van der Waals surface area contributed by atoms with Crippen molar-refractivity contribution in [3.63, 3.8) is 0 Å². The predicted octanol–water partition coefficient (Wildman–Crippen LogP) is 2.76. The third-order valence-corrected chi connectivity index (χ3v) is 3.75. The van der Waals surface area contributed by atoms with E-state index in [1.807, 2.05) is 19.1 Å². The molecule has 1 atom stereocenters. The van der Waals surface area contributed by atoms with Gasteiger partial charge in [0.1, 0.15) is 5.82 Å². The third kappa shape index (κ3) is 3.76. The number of rotatable bonds is 6. The molecule has 0 aliphatic heterocycles. The van der Waals surface area contributed by atoms with Crippen LogP contribution in [-0.2, 0) is 6.54 Å². The Morgan fingerprint density at radius 1 is 1.41 bits per heavy atom. The Morgan fingerprint density at radius 3 is 2.73 bits per heavy atom. The molecule has 6 heteroatoms. The maximum atomic E-state index is 10.6. The molecule has 0 aliphatic carbocycles. The minimum atomic E-state index is -1.04. The highest BCUT2D eigenvalue weighted by Crippen LogP contribution is 2.25. The summed E-state index contributed by atoms with van der Waals surface area (Å²) in [4.78, 5) is 18.5. The van der Waals surface area contributed by atoms with Crippen LogP contribution in [0.25, 0.3) is 11.0 Å². The molecule has 1 aromatic carbocycles. The monoisotopic (exact) mass is 305 g/mol. The van der Waals surface area contributed by atoms with Crippen LogP contribution in [0.5, 0.6) is 0 Å². The van der Waals surface area contributed by atoms with Crippen LogP contribution in [0.2, 0.25) is 0 Å². The molecule has 2 aromatic rings. The average Bonchev–Trinajstić information content (AvgIpc) is 2.84. The topological polar surface area (TPSA) is 98.2 Å². The summed E-state index contributed by atoms with van der Waals surface area (Å²) >= 11 is 0. The Labute approximate surface area is 129 Å². The zero-order valence-corrected chi connectivity index (χ0v) is 13.2. The number of aryl methyl sites for hydroxylation is 1. The van der Waals surface area contributed by atoms with Crippen molar-refractivity contribution in [2.45, 2.75) is 39.7 Å². The summed E-state index contributed by atoms with van der Waals surface area (Å²) in [5.41, 5.74) is 3.61. The minimum Gasteiger partial charge on any atom is -0.465 e. The van der Waals surface area contributed by atoms with Crippen molar-refractivity contribution in [2.24, 2.45) is 5.92 Å². The number of amides is 1. The standard InChI is InChI=1S/C16H23N3O3/c1-9(2)4-12(8-20)15-18-13-5-10(3)11(6-14(13)19-15)7-17-16(21)22/h5-6,9,12,17,20H,4,7-8H2,1-3H3,(H,18,19)(H,21,22). The largest absolute Gasteiger partial charge is 0.465 e. The van der Waals surface area contributed by atoms with E-state index in [4.69, 9.17) is 5.11 Å². The number of hydrogen-bond acceptors (Lipinski definition) is 3. The molecule has 1 aromatic heterocycles. The summed E-state index contributed by atoms with van der Waals surface area (Å²) < 4.78 is 0. The molecular formula is C16H23N3O3. The number of H-pyrrole nitrogens is 1. The van der Waals surface area contributed by atoms with Crippen LogP contribution in [0, 0.1) is 12.8 Å². The van der Waals surface area contributed by atoms with Crippen molar-refractivity contribution in [3.05, 3.63) is 29.1 Å². The van der Waals surface area contributed by atoms with Gasteiger partial charge < -0.3 is 20.5 Å². The number of carboxylic acid groups (broad SMARTS) is 1. The van der Waals surface area contributed by atoms with Gasteiger partial charge in [-0.2, -0.15) is 0 Å². The van der Waals surface area contributed by atoms with Crippen molar-refractivity contribution in [1.29, 1.82) is 0 Å². The highest BCUT2D eigenvalue weighted by Gasteiger charge is 2.17. The molecule has 0 radical (unpaired) electrons. The zero-order chi connectivity index (χ0) is 16.3. The highest BCUT2D eigenvalue weighted by atomic mass is 16.4. The molecule has 22 heavy (non-hydrogen) atoms. The summed E-state index contributed by atoms with van der Waals surface area (Å²) in [6, 6.07) is 3.86. The van der Waals surface area contributed by atoms with Gasteiger partial charge in [0.15, 0.2) is 0 Å². The second-order valence-electron chi connectivity index (χ2n) is 6.09. The number of aromatic amines is 1. The summed E-state index contributed by atoms with van der Waals surface area (Å²) in [7, 11) is 0. The normalized spacial score (nSPS) is 12.8. The van der Waals surface area contributed by atoms with Gasteiger partial charge in [0, 0.05) is 12.5 Å². The molecule has 0 saturated carbocycles. The summed E-state index contributed by atoms with van der Waals surface area (Å²) in [5.74, 6) is 1.25. The lowest BCUT2D eigenvalue weighted by atomic mass is 9.97. The van der Waals surface area contributed by atoms with E-state index in [9.17, 15) is 9.90 Å². The molecule has 4 N–H and O–H groups in total. The maximum absolute atomic E-state index is 10.6. The number of nitrogens with one attached hydrogen (secondary N) is 2. The van der Waals surface area contributed by atoms with E-state index in [1.165, 1.54) is 0 Å². The number of nitrogens with zero attached hydrogens (tertiary/aromatic N) is 1. The second kappa shape index (κ2) is 6.79. The van der Waals surface area contributed by atoms with Gasteiger partial charge in [-0.25, -0.2) is 9.78 Å². The van der Waals surface area contributed by atoms with Gasteiger partial charge in [0.05, 0.1) is 17.6 Å². The van der Waals surface area contributed by atoms with E-state index in [1.54, 1.807) is 0 Å². The number of imidazole rings is 1. The first-order chi connectivity index (χ1) is 10.4. The molecule has 0 fully saturated rings. The first kappa shape index (κ1) is 16.3. The second-order valence-corrected chi connectivity index (χ2v) is 6.09. The molecule has 0 bridgehead atoms. The number of benzene rings is 1. The van der Waals surface area contributed by atoms with Crippen LogP contribution in [0.4, 0.5) is 4.79 Å².